The molecule has 0 radical (unpaired) electrons. The zero-order chi connectivity index (χ0) is 16.9. The Labute approximate surface area is 134 Å². The Kier molecular flexibility index (Phi) is 3.43. The summed E-state index contributed by atoms with van der Waals surface area (Å²) in [6, 6.07) is 5.16. The Balaban J connectivity index is 2.33. The molecule has 6 nitrogen and oxygen atoms in total. The van der Waals surface area contributed by atoms with Crippen LogP contribution < -0.4 is 11.0 Å². The second-order valence-electron chi connectivity index (χ2n) is 7.10. The van der Waals surface area contributed by atoms with Gasteiger partial charge in [0.05, 0.1) is 11.0 Å². The number of imide groups is 1. The van der Waals surface area contributed by atoms with Gasteiger partial charge in [-0.2, -0.15) is 0 Å². The number of amides is 2. The number of piperidine rings is 1. The SMILES string of the molecule is Cn1c(=O)n(C2CCC(=O)NC2=O)c2c(C(C)(C)C)cccc21. The molecular weight excluding hydrogens is 294 g/mol. The lowest BCUT2D eigenvalue weighted by molar-refractivity contribution is -0.135. The number of aryl methyl sites for hydroxylation is 1. The molecule has 122 valence electrons. The van der Waals surface area contributed by atoms with Crippen LogP contribution in [0.3, 0.4) is 0 Å². The van der Waals surface area contributed by atoms with E-state index in [9.17, 15) is 14.4 Å². The molecule has 1 aliphatic heterocycles. The molecule has 1 fully saturated rings. The van der Waals surface area contributed by atoms with Crippen molar-refractivity contribution in [1.29, 1.82) is 0 Å². The average Bonchev–Trinajstić information content (AvgIpc) is 2.71. The van der Waals surface area contributed by atoms with Crippen LogP contribution in [0.1, 0.15) is 45.2 Å². The Bertz CT molecular complexity index is 868. The minimum absolute atomic E-state index is 0.171. The molecule has 0 saturated carbocycles. The quantitative estimate of drug-likeness (QED) is 0.813. The van der Waals surface area contributed by atoms with Crippen molar-refractivity contribution in [2.24, 2.45) is 7.05 Å². The summed E-state index contributed by atoms with van der Waals surface area (Å²) in [5, 5.41) is 2.34. The van der Waals surface area contributed by atoms with Gasteiger partial charge in [0.25, 0.3) is 0 Å². The predicted molar refractivity (Wildman–Crippen MR) is 87.3 cm³/mol. The van der Waals surface area contributed by atoms with E-state index in [1.54, 1.807) is 16.2 Å². The van der Waals surface area contributed by atoms with Gasteiger partial charge in [-0.25, -0.2) is 4.79 Å². The Hall–Kier alpha value is -2.37. The zero-order valence-corrected chi connectivity index (χ0v) is 13.8. The number of hydrogen-bond acceptors (Lipinski definition) is 3. The van der Waals surface area contributed by atoms with Crippen molar-refractivity contribution in [2.75, 3.05) is 0 Å². The van der Waals surface area contributed by atoms with Gasteiger partial charge < -0.3 is 0 Å². The van der Waals surface area contributed by atoms with Gasteiger partial charge in [0.15, 0.2) is 0 Å². The molecule has 1 unspecified atom stereocenters. The van der Waals surface area contributed by atoms with Gasteiger partial charge in [-0.3, -0.25) is 24.0 Å². The fourth-order valence-corrected chi connectivity index (χ4v) is 3.24. The van der Waals surface area contributed by atoms with Gasteiger partial charge in [0, 0.05) is 13.5 Å². The van der Waals surface area contributed by atoms with E-state index in [-0.39, 0.29) is 23.4 Å². The maximum atomic E-state index is 12.8. The number of benzene rings is 1. The molecule has 6 heteroatoms. The highest BCUT2D eigenvalue weighted by Gasteiger charge is 2.33. The van der Waals surface area contributed by atoms with Gasteiger partial charge in [-0.05, 0) is 23.5 Å². The summed E-state index contributed by atoms with van der Waals surface area (Å²) < 4.78 is 3.12. The first-order valence-corrected chi connectivity index (χ1v) is 7.76. The van der Waals surface area contributed by atoms with Crippen molar-refractivity contribution in [3.05, 3.63) is 34.2 Å². The third kappa shape index (κ3) is 2.38. The molecule has 1 atom stereocenters. The molecule has 0 aliphatic carbocycles. The molecule has 2 aromatic rings. The molecule has 2 amide bonds. The van der Waals surface area contributed by atoms with E-state index in [1.807, 2.05) is 18.2 Å². The standard InChI is InChI=1S/C17H21N3O3/c1-17(2,3)10-6-5-7-11-14(10)20(16(23)19(11)4)12-8-9-13(21)18-15(12)22/h5-7,12H,8-9H2,1-4H3,(H,18,21,22). The van der Waals surface area contributed by atoms with E-state index in [0.29, 0.717) is 6.42 Å². The topological polar surface area (TPSA) is 73.1 Å². The van der Waals surface area contributed by atoms with Crippen molar-refractivity contribution in [3.8, 4) is 0 Å². The first-order chi connectivity index (χ1) is 10.7. The van der Waals surface area contributed by atoms with Gasteiger partial charge in [-0.1, -0.05) is 32.9 Å². The highest BCUT2D eigenvalue weighted by molar-refractivity contribution is 6.00. The molecular formula is C17H21N3O3. The number of rotatable bonds is 1. The number of para-hydroxylation sites is 1. The summed E-state index contributed by atoms with van der Waals surface area (Å²) in [5.74, 6) is -0.685. The monoisotopic (exact) mass is 315 g/mol. The number of hydrogen-bond donors (Lipinski definition) is 1. The van der Waals surface area contributed by atoms with Crippen molar-refractivity contribution >= 4 is 22.8 Å². The van der Waals surface area contributed by atoms with Crippen LogP contribution in [-0.2, 0) is 22.1 Å². The molecule has 1 aromatic carbocycles. The van der Waals surface area contributed by atoms with E-state index < -0.39 is 11.9 Å². The molecule has 1 saturated heterocycles. The zero-order valence-electron chi connectivity index (χ0n) is 13.8. The second-order valence-corrected chi connectivity index (χ2v) is 7.10. The fourth-order valence-electron chi connectivity index (χ4n) is 3.24. The highest BCUT2D eigenvalue weighted by Crippen LogP contribution is 2.32. The van der Waals surface area contributed by atoms with Crippen molar-refractivity contribution in [3.63, 3.8) is 0 Å². The normalized spacial score (nSPS) is 19.2. The molecule has 1 N–H and O–H groups in total. The van der Waals surface area contributed by atoms with Gasteiger partial charge >= 0.3 is 5.69 Å². The number of fused-ring (bicyclic) bond motifs is 1. The third-order valence-corrected chi connectivity index (χ3v) is 4.44. The molecule has 2 heterocycles. The maximum absolute atomic E-state index is 12.8. The minimum atomic E-state index is -0.646. The van der Waals surface area contributed by atoms with Crippen LogP contribution in [0.2, 0.25) is 0 Å². The smallest absolute Gasteiger partial charge is 0.295 e. The predicted octanol–water partition coefficient (Wildman–Crippen LogP) is 1.62. The molecule has 23 heavy (non-hydrogen) atoms. The van der Waals surface area contributed by atoms with Gasteiger partial charge in [-0.15, -0.1) is 0 Å². The molecule has 0 bridgehead atoms. The summed E-state index contributed by atoms with van der Waals surface area (Å²) >= 11 is 0. The first kappa shape index (κ1) is 15.5. The lowest BCUT2D eigenvalue weighted by Gasteiger charge is -2.25. The number of carbonyl (C=O) groups is 2. The number of imidazole rings is 1. The summed E-state index contributed by atoms with van der Waals surface area (Å²) in [6.07, 6.45) is 0.596. The molecule has 3 rings (SSSR count). The summed E-state index contributed by atoms with van der Waals surface area (Å²) in [4.78, 5) is 36.4. The number of nitrogens with one attached hydrogen (secondary N) is 1. The molecule has 1 aromatic heterocycles. The Morgan fingerprint density at radius 2 is 1.87 bits per heavy atom. The lowest BCUT2D eigenvalue weighted by Crippen LogP contribution is -2.44. The van der Waals surface area contributed by atoms with Crippen LogP contribution in [0, 0.1) is 0 Å². The summed E-state index contributed by atoms with van der Waals surface area (Å²) in [7, 11) is 1.71. The summed E-state index contributed by atoms with van der Waals surface area (Å²) in [5.41, 5.74) is 2.19. The van der Waals surface area contributed by atoms with Crippen LogP contribution in [0.15, 0.2) is 23.0 Å². The number of nitrogens with zero attached hydrogens (tertiary/aromatic N) is 2. The first-order valence-electron chi connectivity index (χ1n) is 7.76. The van der Waals surface area contributed by atoms with Crippen molar-refractivity contribution in [1.82, 2.24) is 14.5 Å². The van der Waals surface area contributed by atoms with E-state index in [1.165, 1.54) is 0 Å². The van der Waals surface area contributed by atoms with Crippen molar-refractivity contribution < 1.29 is 9.59 Å². The number of carbonyl (C=O) groups excluding carboxylic acids is 2. The lowest BCUT2D eigenvalue weighted by atomic mass is 9.86. The fraction of sp³-hybridized carbons (Fsp3) is 0.471. The third-order valence-electron chi connectivity index (χ3n) is 4.44. The van der Waals surface area contributed by atoms with Gasteiger partial charge in [0.1, 0.15) is 6.04 Å². The minimum Gasteiger partial charge on any atom is -0.295 e. The van der Waals surface area contributed by atoms with E-state index >= 15 is 0 Å². The largest absolute Gasteiger partial charge is 0.329 e. The van der Waals surface area contributed by atoms with E-state index in [0.717, 1.165) is 16.6 Å². The van der Waals surface area contributed by atoms with Crippen LogP contribution in [0.25, 0.3) is 11.0 Å². The average molecular weight is 315 g/mol. The van der Waals surface area contributed by atoms with E-state index in [4.69, 9.17) is 0 Å². The molecule has 0 spiro atoms. The van der Waals surface area contributed by atoms with Crippen LogP contribution in [0.4, 0.5) is 0 Å². The van der Waals surface area contributed by atoms with Crippen LogP contribution in [0.5, 0.6) is 0 Å². The van der Waals surface area contributed by atoms with E-state index in [2.05, 4.69) is 26.1 Å². The maximum Gasteiger partial charge on any atom is 0.329 e. The second kappa shape index (κ2) is 5.08. The van der Waals surface area contributed by atoms with Crippen molar-refractivity contribution in [2.45, 2.75) is 45.1 Å². The summed E-state index contributed by atoms with van der Waals surface area (Å²) in [6.45, 7) is 6.23. The Morgan fingerprint density at radius 3 is 2.48 bits per heavy atom. The van der Waals surface area contributed by atoms with Crippen LogP contribution >= 0.6 is 0 Å². The Morgan fingerprint density at radius 1 is 1.17 bits per heavy atom. The van der Waals surface area contributed by atoms with Gasteiger partial charge in [0.2, 0.25) is 11.8 Å². The van der Waals surface area contributed by atoms with Crippen LogP contribution in [-0.4, -0.2) is 20.9 Å². The highest BCUT2D eigenvalue weighted by atomic mass is 16.2. The number of aromatic nitrogens is 2. The molecule has 1 aliphatic rings.